The van der Waals surface area contributed by atoms with Crippen molar-refractivity contribution >= 4 is 0 Å². The van der Waals surface area contributed by atoms with Gasteiger partial charge in [0.25, 0.3) is 0 Å². The average molecular weight is 335 g/mol. The van der Waals surface area contributed by atoms with E-state index in [0.29, 0.717) is 5.92 Å². The Morgan fingerprint density at radius 2 is 1.72 bits per heavy atom. The molecule has 0 amide bonds. The molecule has 2 aromatic rings. The SMILES string of the molecule is CCCOc1ccc2c(c1)C(C1CCNCC1)c1ccccc1CC2. The molecular formula is C23H29NO. The van der Waals surface area contributed by atoms with Gasteiger partial charge in [0.2, 0.25) is 0 Å². The van der Waals surface area contributed by atoms with Gasteiger partial charge in [-0.05, 0) is 85.5 Å². The second-order valence-electron chi connectivity index (χ2n) is 7.47. The molecule has 0 radical (unpaired) electrons. The quantitative estimate of drug-likeness (QED) is 0.874. The van der Waals surface area contributed by atoms with Crippen molar-refractivity contribution in [2.75, 3.05) is 19.7 Å². The third-order valence-electron chi connectivity index (χ3n) is 5.83. The Labute approximate surface area is 151 Å². The number of benzene rings is 2. The first kappa shape index (κ1) is 16.7. The van der Waals surface area contributed by atoms with E-state index in [-0.39, 0.29) is 0 Å². The molecule has 0 spiro atoms. The fourth-order valence-corrected chi connectivity index (χ4v) is 4.59. The van der Waals surface area contributed by atoms with E-state index < -0.39 is 0 Å². The molecule has 132 valence electrons. The van der Waals surface area contributed by atoms with Crippen LogP contribution in [0.3, 0.4) is 0 Å². The van der Waals surface area contributed by atoms with E-state index in [4.69, 9.17) is 4.74 Å². The van der Waals surface area contributed by atoms with Crippen LogP contribution in [0.4, 0.5) is 0 Å². The van der Waals surface area contributed by atoms with Crippen LogP contribution in [0.5, 0.6) is 5.75 Å². The molecule has 2 aromatic carbocycles. The molecule has 2 heteroatoms. The summed E-state index contributed by atoms with van der Waals surface area (Å²) in [7, 11) is 0. The van der Waals surface area contributed by atoms with Crippen LogP contribution in [0, 0.1) is 5.92 Å². The number of aryl methyl sites for hydroxylation is 2. The zero-order valence-electron chi connectivity index (χ0n) is 15.3. The summed E-state index contributed by atoms with van der Waals surface area (Å²) in [6.07, 6.45) is 5.87. The largest absolute Gasteiger partial charge is 0.494 e. The minimum absolute atomic E-state index is 0.515. The fourth-order valence-electron chi connectivity index (χ4n) is 4.59. The maximum atomic E-state index is 5.97. The Hall–Kier alpha value is -1.80. The van der Waals surface area contributed by atoms with Crippen LogP contribution in [-0.4, -0.2) is 19.7 Å². The maximum Gasteiger partial charge on any atom is 0.119 e. The maximum absolute atomic E-state index is 5.97. The molecule has 1 unspecified atom stereocenters. The second-order valence-corrected chi connectivity index (χ2v) is 7.47. The number of nitrogens with one attached hydrogen (secondary N) is 1. The monoisotopic (exact) mass is 335 g/mol. The molecule has 1 N–H and O–H groups in total. The number of hydrogen-bond acceptors (Lipinski definition) is 2. The molecule has 1 aliphatic heterocycles. The van der Waals surface area contributed by atoms with Crippen molar-refractivity contribution in [1.82, 2.24) is 5.32 Å². The average Bonchev–Trinajstić information content (AvgIpc) is 2.83. The molecular weight excluding hydrogens is 306 g/mol. The summed E-state index contributed by atoms with van der Waals surface area (Å²) in [6.45, 7) is 5.25. The van der Waals surface area contributed by atoms with Gasteiger partial charge in [-0.25, -0.2) is 0 Å². The zero-order valence-corrected chi connectivity index (χ0v) is 15.3. The summed E-state index contributed by atoms with van der Waals surface area (Å²) in [4.78, 5) is 0. The van der Waals surface area contributed by atoms with E-state index in [1.165, 1.54) is 24.0 Å². The van der Waals surface area contributed by atoms with Gasteiger partial charge in [-0.2, -0.15) is 0 Å². The molecule has 1 saturated heterocycles. The second kappa shape index (κ2) is 7.61. The molecule has 1 fully saturated rings. The van der Waals surface area contributed by atoms with Crippen LogP contribution in [-0.2, 0) is 12.8 Å². The Balaban J connectivity index is 1.78. The summed E-state index contributed by atoms with van der Waals surface area (Å²) in [5.41, 5.74) is 6.13. The fraction of sp³-hybridized carbons (Fsp3) is 0.478. The summed E-state index contributed by atoms with van der Waals surface area (Å²) < 4.78 is 5.97. The van der Waals surface area contributed by atoms with Crippen molar-refractivity contribution in [2.45, 2.75) is 44.9 Å². The number of piperidine rings is 1. The standard InChI is InChI=1S/C23H29NO/c1-2-15-25-20-10-9-18-8-7-17-5-3-4-6-21(17)23(22(18)16-20)19-11-13-24-14-12-19/h3-6,9-10,16,19,23-24H,2,7-8,11-15H2,1H3. The molecule has 0 aromatic heterocycles. The summed E-state index contributed by atoms with van der Waals surface area (Å²) in [5.74, 6) is 2.28. The highest BCUT2D eigenvalue weighted by atomic mass is 16.5. The highest BCUT2D eigenvalue weighted by molar-refractivity contribution is 5.48. The van der Waals surface area contributed by atoms with E-state index in [9.17, 15) is 0 Å². The topological polar surface area (TPSA) is 21.3 Å². The van der Waals surface area contributed by atoms with Gasteiger partial charge >= 0.3 is 0 Å². The normalized spacial score (nSPS) is 20.4. The number of ether oxygens (including phenoxy) is 1. The summed E-state index contributed by atoms with van der Waals surface area (Å²) >= 11 is 0. The molecule has 4 rings (SSSR count). The Kier molecular flexibility index (Phi) is 5.07. The van der Waals surface area contributed by atoms with E-state index in [0.717, 1.165) is 50.6 Å². The van der Waals surface area contributed by atoms with Gasteiger partial charge in [-0.3, -0.25) is 0 Å². The lowest BCUT2D eigenvalue weighted by Gasteiger charge is -2.33. The predicted octanol–water partition coefficient (Wildman–Crippen LogP) is 4.71. The molecule has 1 atom stereocenters. The van der Waals surface area contributed by atoms with Crippen molar-refractivity contribution in [2.24, 2.45) is 5.92 Å². The van der Waals surface area contributed by atoms with Crippen molar-refractivity contribution in [3.8, 4) is 5.75 Å². The minimum Gasteiger partial charge on any atom is -0.494 e. The van der Waals surface area contributed by atoms with Gasteiger partial charge in [0.15, 0.2) is 0 Å². The molecule has 2 nitrogen and oxygen atoms in total. The number of hydrogen-bond donors (Lipinski definition) is 1. The van der Waals surface area contributed by atoms with Crippen LogP contribution >= 0.6 is 0 Å². The Morgan fingerprint density at radius 1 is 0.960 bits per heavy atom. The van der Waals surface area contributed by atoms with Crippen LogP contribution in [0.2, 0.25) is 0 Å². The van der Waals surface area contributed by atoms with Crippen LogP contribution in [0.15, 0.2) is 42.5 Å². The summed E-state index contributed by atoms with van der Waals surface area (Å²) in [6, 6.07) is 16.0. The van der Waals surface area contributed by atoms with E-state index >= 15 is 0 Å². The number of rotatable bonds is 4. The smallest absolute Gasteiger partial charge is 0.119 e. The molecule has 25 heavy (non-hydrogen) atoms. The lowest BCUT2D eigenvalue weighted by molar-refractivity contribution is 0.314. The molecule has 0 saturated carbocycles. The molecule has 1 heterocycles. The van der Waals surface area contributed by atoms with Crippen LogP contribution < -0.4 is 10.1 Å². The van der Waals surface area contributed by atoms with Gasteiger partial charge < -0.3 is 10.1 Å². The van der Waals surface area contributed by atoms with E-state index in [1.807, 2.05) is 0 Å². The van der Waals surface area contributed by atoms with Crippen molar-refractivity contribution in [3.05, 3.63) is 64.7 Å². The Bertz CT molecular complexity index is 718. The molecule has 0 bridgehead atoms. The van der Waals surface area contributed by atoms with Gasteiger partial charge in [0, 0.05) is 5.92 Å². The first-order valence-electron chi connectivity index (χ1n) is 9.91. The highest BCUT2D eigenvalue weighted by Crippen LogP contribution is 2.43. The lowest BCUT2D eigenvalue weighted by atomic mass is 9.75. The van der Waals surface area contributed by atoms with Gasteiger partial charge in [0.1, 0.15) is 5.75 Å². The Morgan fingerprint density at radius 3 is 2.52 bits per heavy atom. The van der Waals surface area contributed by atoms with Crippen LogP contribution in [0.25, 0.3) is 0 Å². The van der Waals surface area contributed by atoms with Crippen molar-refractivity contribution < 1.29 is 4.74 Å². The first-order valence-corrected chi connectivity index (χ1v) is 9.91. The summed E-state index contributed by atoms with van der Waals surface area (Å²) in [5, 5.41) is 3.53. The van der Waals surface area contributed by atoms with Gasteiger partial charge in [0.05, 0.1) is 6.61 Å². The molecule has 2 aliphatic rings. The predicted molar refractivity (Wildman–Crippen MR) is 104 cm³/mol. The van der Waals surface area contributed by atoms with Crippen molar-refractivity contribution in [1.29, 1.82) is 0 Å². The molecule has 1 aliphatic carbocycles. The van der Waals surface area contributed by atoms with Gasteiger partial charge in [-0.1, -0.05) is 37.3 Å². The lowest BCUT2D eigenvalue weighted by Crippen LogP contribution is -2.31. The van der Waals surface area contributed by atoms with E-state index in [1.54, 1.807) is 11.1 Å². The first-order chi connectivity index (χ1) is 12.4. The van der Waals surface area contributed by atoms with E-state index in [2.05, 4.69) is 54.7 Å². The van der Waals surface area contributed by atoms with Crippen LogP contribution in [0.1, 0.15) is 54.4 Å². The number of fused-ring (bicyclic) bond motifs is 2. The third kappa shape index (κ3) is 3.46. The zero-order chi connectivity index (χ0) is 17.1. The third-order valence-corrected chi connectivity index (χ3v) is 5.83. The van der Waals surface area contributed by atoms with Crippen molar-refractivity contribution in [3.63, 3.8) is 0 Å². The van der Waals surface area contributed by atoms with Gasteiger partial charge in [-0.15, -0.1) is 0 Å². The highest BCUT2D eigenvalue weighted by Gasteiger charge is 2.31. The minimum atomic E-state index is 0.515.